The summed E-state index contributed by atoms with van der Waals surface area (Å²) in [5.41, 5.74) is 1.63. The molecule has 0 aliphatic heterocycles. The number of halogens is 2. The van der Waals surface area contributed by atoms with Crippen molar-refractivity contribution in [3.05, 3.63) is 38.8 Å². The molecule has 4 rings (SSSR count). The number of ketones is 2. The zero-order valence-electron chi connectivity index (χ0n) is 21.5. The Morgan fingerprint density at radius 3 is 2.31 bits per heavy atom. The molecule has 3 aliphatic carbocycles. The lowest BCUT2D eigenvalue weighted by Gasteiger charge is -2.50. The summed E-state index contributed by atoms with van der Waals surface area (Å²) < 4.78 is 0. The van der Waals surface area contributed by atoms with Crippen molar-refractivity contribution in [1.29, 1.82) is 0 Å². The topological polar surface area (TPSA) is 194 Å². The number of hydrogen-bond acceptors (Lipinski definition) is 10. The number of fused-ring (bicyclic) bond motifs is 3. The number of carbonyl (C=O) groups is 4. The van der Waals surface area contributed by atoms with Crippen molar-refractivity contribution in [2.45, 2.75) is 24.5 Å². The van der Waals surface area contributed by atoms with Gasteiger partial charge in [0.2, 0.25) is 11.7 Å². The van der Waals surface area contributed by atoms with Crippen LogP contribution in [0.15, 0.2) is 22.7 Å². The monoisotopic (exact) mass is 626 g/mol. The zero-order chi connectivity index (χ0) is 29.3. The number of carbonyl (C=O) groups excluding carboxylic acids is 4. The van der Waals surface area contributed by atoms with Crippen LogP contribution < -0.4 is 16.0 Å². The smallest absolute Gasteiger partial charge is 0.255 e. The maximum Gasteiger partial charge on any atom is 0.255 e. The maximum atomic E-state index is 13.9. The quantitative estimate of drug-likeness (QED) is 0.157. The van der Waals surface area contributed by atoms with Gasteiger partial charge in [0.25, 0.3) is 5.91 Å². The van der Waals surface area contributed by atoms with Crippen molar-refractivity contribution in [2.24, 2.45) is 17.6 Å². The van der Waals surface area contributed by atoms with E-state index >= 15 is 0 Å². The number of alkyl halides is 1. The van der Waals surface area contributed by atoms with Crippen LogP contribution in [-0.4, -0.2) is 93.9 Å². The number of nitrogens with one attached hydrogen (secondary N) is 1. The number of aromatic hydroxyl groups is 1. The van der Waals surface area contributed by atoms with Crippen LogP contribution in [0.4, 0.5) is 11.4 Å². The Morgan fingerprint density at radius 1 is 1.18 bits per heavy atom. The number of phenolic OH excluding ortho intramolecular Hbond substituents is 1. The van der Waals surface area contributed by atoms with Gasteiger partial charge in [-0.2, -0.15) is 0 Å². The lowest BCUT2D eigenvalue weighted by atomic mass is 9.58. The fraction of sp³-hybridized carbons (Fsp3) is 0.440. The summed E-state index contributed by atoms with van der Waals surface area (Å²) >= 11 is 9.62. The third kappa shape index (κ3) is 4.01. The number of likely N-dealkylation sites (N-methyl/N-ethyl adjacent to an activating group) is 1. The van der Waals surface area contributed by atoms with Crippen molar-refractivity contribution in [1.82, 2.24) is 4.90 Å². The molecule has 2 amide bonds. The van der Waals surface area contributed by atoms with E-state index < -0.39 is 69.7 Å². The van der Waals surface area contributed by atoms with Gasteiger partial charge in [0, 0.05) is 25.6 Å². The highest BCUT2D eigenvalue weighted by atomic mass is 79.9. The summed E-state index contributed by atoms with van der Waals surface area (Å²) in [5, 5.41) is 47.4. The molecule has 39 heavy (non-hydrogen) atoms. The first-order chi connectivity index (χ1) is 18.1. The molecule has 0 aromatic heterocycles. The first-order valence-corrected chi connectivity index (χ1v) is 13.4. The fourth-order valence-corrected chi connectivity index (χ4v) is 6.65. The Hall–Kier alpha value is -3.13. The standard InChI is InChI=1S/C25H28BrClN4O8/c1-30(2)17-9-5-8-6-10-18(31(3)4)21(35)14(24(28)38)23(37)25(10,39)22(36)12(8)19(33)13(9)20(34)16(15(17)27)29-11(32)7-26/h8,10,18,34-36,39H,5-7H2,1-4H3,(H2,28,38)(H,29,32)/t8?,10?,18-,25-/m0/s1. The molecule has 3 aliphatic rings. The molecule has 1 aromatic carbocycles. The lowest BCUT2D eigenvalue weighted by Crippen LogP contribution is -2.63. The van der Waals surface area contributed by atoms with E-state index in [0.29, 0.717) is 11.3 Å². The Kier molecular flexibility index (Phi) is 7.26. The van der Waals surface area contributed by atoms with E-state index in [1.165, 1.54) is 4.90 Å². The predicted molar refractivity (Wildman–Crippen MR) is 145 cm³/mol. The van der Waals surface area contributed by atoms with Gasteiger partial charge in [-0.25, -0.2) is 0 Å². The minimum atomic E-state index is -2.75. The van der Waals surface area contributed by atoms with Gasteiger partial charge in [-0.1, -0.05) is 27.5 Å². The molecule has 0 radical (unpaired) electrons. The molecule has 210 valence electrons. The maximum absolute atomic E-state index is 13.9. The fourth-order valence-electron chi connectivity index (χ4n) is 6.09. The number of nitrogens with two attached hydrogens (primary N) is 1. The van der Waals surface area contributed by atoms with Gasteiger partial charge in [0.15, 0.2) is 17.1 Å². The first kappa shape index (κ1) is 28.9. The van der Waals surface area contributed by atoms with E-state index in [1.807, 2.05) is 0 Å². The van der Waals surface area contributed by atoms with Gasteiger partial charge in [0.1, 0.15) is 22.8 Å². The second-order valence-electron chi connectivity index (χ2n) is 10.3. The van der Waals surface area contributed by atoms with Crippen LogP contribution in [0.2, 0.25) is 5.02 Å². The summed E-state index contributed by atoms with van der Waals surface area (Å²) in [5.74, 6) is -8.22. The molecule has 0 fully saturated rings. The van der Waals surface area contributed by atoms with Crippen LogP contribution in [-0.2, 0) is 20.8 Å². The highest BCUT2D eigenvalue weighted by Gasteiger charge is 2.63. The molecule has 0 saturated carbocycles. The van der Waals surface area contributed by atoms with Gasteiger partial charge in [-0.15, -0.1) is 0 Å². The van der Waals surface area contributed by atoms with E-state index in [9.17, 15) is 39.6 Å². The average molecular weight is 628 g/mol. The molecule has 2 unspecified atom stereocenters. The number of amides is 2. The third-order valence-corrected chi connectivity index (χ3v) is 8.51. The molecule has 12 nitrogen and oxygen atoms in total. The normalized spacial score (nSPS) is 26.3. The minimum absolute atomic E-state index is 0.00648. The summed E-state index contributed by atoms with van der Waals surface area (Å²) in [4.78, 5) is 54.6. The van der Waals surface area contributed by atoms with Crippen molar-refractivity contribution in [3.63, 3.8) is 0 Å². The number of aliphatic hydroxyl groups is 3. The van der Waals surface area contributed by atoms with Crippen LogP contribution in [0, 0.1) is 11.8 Å². The molecular formula is C25H28BrClN4O8. The largest absolute Gasteiger partial charge is 0.510 e. The molecule has 0 heterocycles. The van der Waals surface area contributed by atoms with E-state index in [1.54, 1.807) is 33.1 Å². The lowest BCUT2D eigenvalue weighted by molar-refractivity contribution is -0.148. The number of allylic oxidation sites excluding steroid dienone is 1. The second kappa shape index (κ2) is 9.81. The second-order valence-corrected chi connectivity index (χ2v) is 11.2. The molecule has 4 atom stereocenters. The number of phenols is 1. The van der Waals surface area contributed by atoms with Gasteiger partial charge in [0.05, 0.1) is 27.6 Å². The number of hydrogen-bond donors (Lipinski definition) is 6. The number of aliphatic hydroxyl groups excluding tert-OH is 2. The molecule has 7 N–H and O–H groups in total. The van der Waals surface area contributed by atoms with Gasteiger partial charge >= 0.3 is 0 Å². The first-order valence-electron chi connectivity index (χ1n) is 11.9. The molecule has 0 saturated heterocycles. The Morgan fingerprint density at radius 2 is 1.79 bits per heavy atom. The van der Waals surface area contributed by atoms with Gasteiger partial charge < -0.3 is 36.4 Å². The summed E-state index contributed by atoms with van der Waals surface area (Å²) in [6, 6.07) is -1.09. The summed E-state index contributed by atoms with van der Waals surface area (Å²) in [7, 11) is 6.44. The van der Waals surface area contributed by atoms with Crippen LogP contribution in [0.1, 0.15) is 22.3 Å². The van der Waals surface area contributed by atoms with Crippen LogP contribution >= 0.6 is 27.5 Å². The van der Waals surface area contributed by atoms with Gasteiger partial charge in [-0.3, -0.25) is 24.1 Å². The Bertz CT molecular complexity index is 1400. The number of nitrogens with zero attached hydrogens (tertiary/aromatic N) is 2. The van der Waals surface area contributed by atoms with Gasteiger partial charge in [-0.05, 0) is 38.4 Å². The average Bonchev–Trinajstić information content (AvgIpc) is 2.83. The van der Waals surface area contributed by atoms with Crippen molar-refractivity contribution in [3.8, 4) is 5.75 Å². The van der Waals surface area contributed by atoms with Crippen LogP contribution in [0.5, 0.6) is 5.75 Å². The van der Waals surface area contributed by atoms with Crippen LogP contribution in [0.25, 0.3) is 0 Å². The molecule has 1 aromatic rings. The van der Waals surface area contributed by atoms with E-state index in [-0.39, 0.29) is 40.0 Å². The van der Waals surface area contributed by atoms with Crippen molar-refractivity contribution < 1.29 is 39.6 Å². The van der Waals surface area contributed by atoms with E-state index in [4.69, 9.17) is 17.3 Å². The Labute approximate surface area is 236 Å². The van der Waals surface area contributed by atoms with Crippen molar-refractivity contribution in [2.75, 3.05) is 43.7 Å². The zero-order valence-corrected chi connectivity index (χ0v) is 23.8. The minimum Gasteiger partial charge on any atom is -0.510 e. The number of anilines is 2. The highest BCUT2D eigenvalue weighted by Crippen LogP contribution is 2.55. The molecule has 0 bridgehead atoms. The highest BCUT2D eigenvalue weighted by molar-refractivity contribution is 9.09. The summed E-state index contributed by atoms with van der Waals surface area (Å²) in [6.45, 7) is 0. The molecular weight excluding hydrogens is 600 g/mol. The van der Waals surface area contributed by atoms with E-state index in [2.05, 4.69) is 21.2 Å². The Balaban J connectivity index is 2.00. The molecule has 0 spiro atoms. The number of rotatable bonds is 5. The third-order valence-electron chi connectivity index (χ3n) is 7.64. The molecule has 14 heteroatoms. The van der Waals surface area contributed by atoms with Crippen LogP contribution in [0.3, 0.4) is 0 Å². The number of primary amides is 1. The van der Waals surface area contributed by atoms with E-state index in [0.717, 1.165) is 0 Å². The SMILES string of the molecule is CN(C)c1c(Cl)c(NC(=O)CBr)c(O)c2c1CC1CC3[C@H](N(C)C)C(O)=C(C(N)=O)C(=O)[C@@]3(O)C(O)=C1C2=O. The predicted octanol–water partition coefficient (Wildman–Crippen LogP) is 1.17. The number of benzene rings is 1. The van der Waals surface area contributed by atoms with Crippen molar-refractivity contribution >= 4 is 62.3 Å². The summed E-state index contributed by atoms with van der Waals surface area (Å²) in [6.07, 6.45) is 0.00108. The number of Topliss-reactive ketones (excluding diaryl/α,β-unsaturated/α-hetero) is 2.